The van der Waals surface area contributed by atoms with E-state index in [9.17, 15) is 4.79 Å². The smallest absolute Gasteiger partial charge is 0.245 e. The van der Waals surface area contributed by atoms with Crippen LogP contribution in [-0.4, -0.2) is 72.5 Å². The molecule has 0 radical (unpaired) electrons. The van der Waals surface area contributed by atoms with Crippen molar-refractivity contribution < 1.29 is 9.53 Å². The summed E-state index contributed by atoms with van der Waals surface area (Å²) in [7, 11) is 1.77. The van der Waals surface area contributed by atoms with E-state index in [0.717, 1.165) is 49.1 Å². The van der Waals surface area contributed by atoms with Gasteiger partial charge in [-0.1, -0.05) is 12.6 Å². The van der Waals surface area contributed by atoms with Crippen LogP contribution in [0.1, 0.15) is 30.0 Å². The van der Waals surface area contributed by atoms with Crippen LogP contribution in [0.25, 0.3) is 34.1 Å². The van der Waals surface area contributed by atoms with Gasteiger partial charge in [-0.15, -0.1) is 0 Å². The van der Waals surface area contributed by atoms with E-state index >= 15 is 0 Å². The molecule has 1 amide bonds. The predicted molar refractivity (Wildman–Crippen MR) is 164 cm³/mol. The van der Waals surface area contributed by atoms with Crippen LogP contribution in [-0.2, 0) is 16.0 Å². The molecule has 3 N–H and O–H groups in total. The molecule has 2 aliphatic rings. The van der Waals surface area contributed by atoms with Crippen LogP contribution in [0.5, 0.6) is 0 Å². The first kappa shape index (κ1) is 27.0. The fourth-order valence-corrected chi connectivity index (χ4v) is 6.32. The molecule has 1 fully saturated rings. The molecule has 11 nitrogen and oxygen atoms in total. The van der Waals surface area contributed by atoms with Gasteiger partial charge >= 0.3 is 0 Å². The Kier molecular flexibility index (Phi) is 6.96. The molecule has 0 spiro atoms. The number of nitrogens with one attached hydrogen (secondary N) is 1. The number of aromatic nitrogens is 6. The first-order valence-electron chi connectivity index (χ1n) is 14.5. The number of imidazole rings is 1. The maximum atomic E-state index is 12.0. The standard InChI is InChI=1S/C32H33N9O2/c1-3-28(42)39-16-11-21(12-17-39)36-29-23-8-7-22(18-20(23)19-26(29)43-2)41-31(24-6-4-13-34-30(24)33)37-25-9-10-27(38-32(25)41)40-15-5-14-35-40/h3-10,13-15,18,21,26,29,36H,1,11-12,16-17,19H2,2H3,(H2,33,34)/t26?,29-/m1/s1. The van der Waals surface area contributed by atoms with Crippen molar-refractivity contribution in [3.63, 3.8) is 0 Å². The number of piperidine rings is 1. The highest BCUT2D eigenvalue weighted by Crippen LogP contribution is 2.37. The third kappa shape index (κ3) is 4.86. The topological polar surface area (TPSA) is 129 Å². The molecule has 0 saturated carbocycles. The molecule has 1 aliphatic heterocycles. The van der Waals surface area contributed by atoms with E-state index in [0.29, 0.717) is 29.1 Å². The Morgan fingerprint density at radius 1 is 1.12 bits per heavy atom. The number of hydrogen-bond acceptors (Lipinski definition) is 8. The van der Waals surface area contributed by atoms with Gasteiger partial charge in [-0.25, -0.2) is 19.6 Å². The zero-order valence-electron chi connectivity index (χ0n) is 23.9. The third-order valence-electron chi connectivity index (χ3n) is 8.52. The maximum absolute atomic E-state index is 12.0. The molecule has 2 atom stereocenters. The molecule has 1 unspecified atom stereocenters. The number of nitrogen functional groups attached to an aromatic ring is 1. The Hall–Kier alpha value is -4.87. The normalized spacial score (nSPS) is 18.7. The second kappa shape index (κ2) is 11.1. The average molecular weight is 576 g/mol. The van der Waals surface area contributed by atoms with Crippen LogP contribution in [0.3, 0.4) is 0 Å². The summed E-state index contributed by atoms with van der Waals surface area (Å²) in [6, 6.07) is 16.3. The Morgan fingerprint density at radius 3 is 2.72 bits per heavy atom. The number of anilines is 1. The SMILES string of the molecule is C=CC(=O)N1CCC(N[C@@H]2c3ccc(-n4c(-c5cccnc5N)nc5ccc(-n6cccn6)nc54)cc3CC2OC)CC1. The van der Waals surface area contributed by atoms with Crippen molar-refractivity contribution in [3.05, 3.63) is 90.9 Å². The minimum atomic E-state index is -0.00407. The number of amides is 1. The zero-order valence-corrected chi connectivity index (χ0v) is 23.9. The van der Waals surface area contributed by atoms with Crippen LogP contribution in [0.4, 0.5) is 5.82 Å². The lowest BCUT2D eigenvalue weighted by atomic mass is 10.0. The first-order chi connectivity index (χ1) is 21.0. The second-order valence-electron chi connectivity index (χ2n) is 11.0. The van der Waals surface area contributed by atoms with Gasteiger partial charge in [-0.05, 0) is 72.5 Å². The van der Waals surface area contributed by atoms with E-state index in [1.54, 1.807) is 24.2 Å². The summed E-state index contributed by atoms with van der Waals surface area (Å²) in [5, 5.41) is 8.21. The van der Waals surface area contributed by atoms with E-state index in [1.807, 2.05) is 46.0 Å². The van der Waals surface area contributed by atoms with Crippen molar-refractivity contribution >= 4 is 22.9 Å². The number of fused-ring (bicyclic) bond motifs is 2. The first-order valence-corrected chi connectivity index (χ1v) is 14.5. The van der Waals surface area contributed by atoms with Gasteiger partial charge in [0, 0.05) is 56.9 Å². The molecule has 5 aromatic rings. The van der Waals surface area contributed by atoms with Crippen LogP contribution in [0.15, 0.2) is 79.8 Å². The maximum Gasteiger partial charge on any atom is 0.245 e. The van der Waals surface area contributed by atoms with Crippen molar-refractivity contribution in [2.75, 3.05) is 25.9 Å². The highest BCUT2D eigenvalue weighted by molar-refractivity contribution is 5.87. The monoisotopic (exact) mass is 575 g/mol. The number of pyridine rings is 2. The number of carbonyl (C=O) groups is 1. The van der Waals surface area contributed by atoms with E-state index in [4.69, 9.17) is 20.4 Å². The number of carbonyl (C=O) groups excluding carboxylic acids is 1. The molecule has 0 bridgehead atoms. The summed E-state index contributed by atoms with van der Waals surface area (Å²) in [5.41, 5.74) is 11.9. The molecule has 1 saturated heterocycles. The lowest BCUT2D eigenvalue weighted by Crippen LogP contribution is -2.46. The Labute approximate surface area is 249 Å². The van der Waals surface area contributed by atoms with Crippen molar-refractivity contribution in [2.45, 2.75) is 37.5 Å². The van der Waals surface area contributed by atoms with Crippen LogP contribution < -0.4 is 11.1 Å². The van der Waals surface area contributed by atoms with Crippen LogP contribution in [0.2, 0.25) is 0 Å². The summed E-state index contributed by atoms with van der Waals surface area (Å²) >= 11 is 0. The largest absolute Gasteiger partial charge is 0.383 e. The lowest BCUT2D eigenvalue weighted by Gasteiger charge is -2.34. The Balaban J connectivity index is 1.27. The summed E-state index contributed by atoms with van der Waals surface area (Å²) in [5.74, 6) is 1.76. The molecule has 7 rings (SSSR count). The molecular formula is C32H33N9O2. The number of methoxy groups -OCH3 is 1. The van der Waals surface area contributed by atoms with Crippen molar-refractivity contribution in [1.29, 1.82) is 0 Å². The summed E-state index contributed by atoms with van der Waals surface area (Å²) < 4.78 is 9.76. The van der Waals surface area contributed by atoms with Gasteiger partial charge in [-0.2, -0.15) is 5.10 Å². The predicted octanol–water partition coefficient (Wildman–Crippen LogP) is 3.63. The number of rotatable bonds is 7. The van der Waals surface area contributed by atoms with E-state index in [1.165, 1.54) is 17.2 Å². The van der Waals surface area contributed by atoms with Crippen LogP contribution in [0, 0.1) is 0 Å². The highest BCUT2D eigenvalue weighted by atomic mass is 16.5. The number of nitrogens with zero attached hydrogens (tertiary/aromatic N) is 7. The van der Waals surface area contributed by atoms with Gasteiger partial charge in [0.1, 0.15) is 11.3 Å². The van der Waals surface area contributed by atoms with Crippen molar-refractivity contribution in [2.24, 2.45) is 0 Å². The molecular weight excluding hydrogens is 542 g/mol. The summed E-state index contributed by atoms with van der Waals surface area (Å²) in [6.45, 7) is 5.07. The molecule has 1 aromatic carbocycles. The molecule has 4 aromatic heterocycles. The van der Waals surface area contributed by atoms with E-state index in [-0.39, 0.29) is 18.1 Å². The number of hydrogen-bond donors (Lipinski definition) is 2. The molecule has 218 valence electrons. The Morgan fingerprint density at radius 2 is 1.98 bits per heavy atom. The molecule has 11 heteroatoms. The Bertz CT molecular complexity index is 1810. The van der Waals surface area contributed by atoms with Gasteiger partial charge in [-0.3, -0.25) is 9.36 Å². The van der Waals surface area contributed by atoms with Gasteiger partial charge < -0.3 is 20.7 Å². The van der Waals surface area contributed by atoms with Gasteiger partial charge in [0.15, 0.2) is 17.3 Å². The minimum Gasteiger partial charge on any atom is -0.383 e. The fourth-order valence-electron chi connectivity index (χ4n) is 6.32. The summed E-state index contributed by atoms with van der Waals surface area (Å²) in [6.07, 6.45) is 9.21. The quantitative estimate of drug-likeness (QED) is 0.282. The minimum absolute atomic E-state index is 0.00220. The number of nitrogens with two attached hydrogens (primary N) is 1. The van der Waals surface area contributed by atoms with E-state index in [2.05, 4.69) is 40.2 Å². The third-order valence-corrected chi connectivity index (χ3v) is 8.52. The summed E-state index contributed by atoms with van der Waals surface area (Å²) in [4.78, 5) is 28.2. The average Bonchev–Trinajstić information content (AvgIpc) is 3.78. The van der Waals surface area contributed by atoms with Crippen molar-refractivity contribution in [3.8, 4) is 22.9 Å². The van der Waals surface area contributed by atoms with Gasteiger partial charge in [0.05, 0.1) is 17.7 Å². The molecule has 5 heterocycles. The van der Waals surface area contributed by atoms with Gasteiger partial charge in [0.25, 0.3) is 0 Å². The second-order valence-corrected chi connectivity index (χ2v) is 11.0. The van der Waals surface area contributed by atoms with Crippen LogP contribution >= 0.6 is 0 Å². The zero-order chi connectivity index (χ0) is 29.5. The fraction of sp³-hybridized carbons (Fsp3) is 0.281. The lowest BCUT2D eigenvalue weighted by molar-refractivity contribution is -0.127. The number of ether oxygens (including phenoxy) is 1. The number of benzene rings is 1. The van der Waals surface area contributed by atoms with E-state index < -0.39 is 0 Å². The number of likely N-dealkylation sites (tertiary alicyclic amines) is 1. The molecule has 1 aliphatic carbocycles. The van der Waals surface area contributed by atoms with Gasteiger partial charge in [0.2, 0.25) is 5.91 Å². The van der Waals surface area contributed by atoms with Crippen molar-refractivity contribution in [1.82, 2.24) is 39.5 Å². The molecule has 43 heavy (non-hydrogen) atoms. The highest BCUT2D eigenvalue weighted by Gasteiger charge is 2.35.